The molecule has 0 radical (unpaired) electrons. The molecule has 3 aromatic carbocycles. The molecule has 0 atom stereocenters. The van der Waals surface area contributed by atoms with Crippen LogP contribution in [-0.2, 0) is 5.41 Å². The Morgan fingerprint density at radius 3 is 2.54 bits per heavy atom. The molecule has 2 aromatic heterocycles. The van der Waals surface area contributed by atoms with Gasteiger partial charge in [-0.1, -0.05) is 50.2 Å². The Morgan fingerprint density at radius 2 is 1.62 bits per heavy atom. The normalized spacial score (nSPS) is 14.8. The van der Waals surface area contributed by atoms with Crippen molar-refractivity contribution in [1.29, 1.82) is 0 Å². The maximum Gasteiger partial charge on any atom is 0.136 e. The van der Waals surface area contributed by atoms with E-state index in [2.05, 4.69) is 68.4 Å². The molecule has 0 bridgehead atoms. The highest BCUT2D eigenvalue weighted by Crippen LogP contribution is 2.52. The number of benzene rings is 3. The third-order valence-corrected chi connectivity index (χ3v) is 5.89. The monoisotopic (exact) mass is 335 g/mol. The molecule has 0 unspecified atom stereocenters. The fourth-order valence-electron chi connectivity index (χ4n) is 4.74. The second-order valence-corrected chi connectivity index (χ2v) is 7.65. The molecule has 2 nitrogen and oxygen atoms in total. The number of nitrogens with zero attached hydrogens (tertiary/aromatic N) is 1. The summed E-state index contributed by atoms with van der Waals surface area (Å²) in [5.41, 5.74) is 6.75. The van der Waals surface area contributed by atoms with Crippen LogP contribution in [-0.4, -0.2) is 4.98 Å². The molecule has 0 N–H and O–H groups in total. The van der Waals surface area contributed by atoms with E-state index in [-0.39, 0.29) is 5.41 Å². The molecule has 2 heteroatoms. The lowest BCUT2D eigenvalue weighted by molar-refractivity contribution is 0.656. The van der Waals surface area contributed by atoms with E-state index in [1.807, 2.05) is 12.3 Å². The maximum atomic E-state index is 6.26. The Bertz CT molecular complexity index is 1360. The first-order chi connectivity index (χ1) is 12.7. The van der Waals surface area contributed by atoms with Gasteiger partial charge in [-0.15, -0.1) is 0 Å². The summed E-state index contributed by atoms with van der Waals surface area (Å²) in [5.74, 6) is 0. The average molecular weight is 335 g/mol. The van der Waals surface area contributed by atoms with Crippen LogP contribution in [0.2, 0.25) is 0 Å². The molecule has 0 spiro atoms. The third kappa shape index (κ3) is 1.55. The summed E-state index contributed by atoms with van der Waals surface area (Å²) in [6.45, 7) is 4.59. The Morgan fingerprint density at radius 1 is 0.808 bits per heavy atom. The summed E-state index contributed by atoms with van der Waals surface area (Å²) in [5, 5.41) is 4.94. The van der Waals surface area contributed by atoms with Crippen LogP contribution >= 0.6 is 0 Å². The molecule has 1 aliphatic rings. The van der Waals surface area contributed by atoms with Gasteiger partial charge in [-0.05, 0) is 46.2 Å². The van der Waals surface area contributed by atoms with Crippen LogP contribution in [0.1, 0.15) is 25.0 Å². The van der Waals surface area contributed by atoms with Crippen LogP contribution in [0.4, 0.5) is 0 Å². The average Bonchev–Trinajstić information content (AvgIpc) is 3.15. The van der Waals surface area contributed by atoms with Crippen molar-refractivity contribution in [3.8, 4) is 11.3 Å². The zero-order valence-corrected chi connectivity index (χ0v) is 14.7. The van der Waals surface area contributed by atoms with Crippen molar-refractivity contribution in [2.45, 2.75) is 19.3 Å². The molecule has 0 amide bonds. The van der Waals surface area contributed by atoms with Crippen LogP contribution in [0, 0.1) is 0 Å². The van der Waals surface area contributed by atoms with E-state index < -0.39 is 0 Å². The first-order valence-corrected chi connectivity index (χ1v) is 8.99. The molecular weight excluding hydrogens is 318 g/mol. The molecule has 124 valence electrons. The van der Waals surface area contributed by atoms with E-state index in [1.54, 1.807) is 0 Å². The zero-order valence-electron chi connectivity index (χ0n) is 14.7. The minimum atomic E-state index is -0.105. The number of fused-ring (bicyclic) bond motifs is 9. The number of rotatable bonds is 0. The number of pyridine rings is 1. The molecular formula is C24H17NO. The van der Waals surface area contributed by atoms with Gasteiger partial charge in [0.15, 0.2) is 0 Å². The molecule has 1 aliphatic carbocycles. The van der Waals surface area contributed by atoms with Crippen molar-refractivity contribution >= 4 is 32.7 Å². The van der Waals surface area contributed by atoms with Crippen molar-refractivity contribution in [3.63, 3.8) is 0 Å². The van der Waals surface area contributed by atoms with Crippen LogP contribution in [0.3, 0.4) is 0 Å². The van der Waals surface area contributed by atoms with Gasteiger partial charge in [0.1, 0.15) is 11.2 Å². The Kier molecular flexibility index (Phi) is 2.45. The fourth-order valence-corrected chi connectivity index (χ4v) is 4.74. The van der Waals surface area contributed by atoms with E-state index in [4.69, 9.17) is 9.40 Å². The second kappa shape index (κ2) is 4.53. The lowest BCUT2D eigenvalue weighted by atomic mass is 9.80. The van der Waals surface area contributed by atoms with Gasteiger partial charge in [-0.2, -0.15) is 0 Å². The minimum Gasteiger partial charge on any atom is -0.456 e. The fraction of sp³-hybridized carbons (Fsp3) is 0.125. The highest BCUT2D eigenvalue weighted by molar-refractivity contribution is 6.21. The van der Waals surface area contributed by atoms with Crippen molar-refractivity contribution in [1.82, 2.24) is 4.98 Å². The van der Waals surface area contributed by atoms with Crippen LogP contribution < -0.4 is 0 Å². The largest absolute Gasteiger partial charge is 0.456 e. The van der Waals surface area contributed by atoms with Gasteiger partial charge in [-0.3, -0.25) is 4.98 Å². The van der Waals surface area contributed by atoms with Crippen LogP contribution in [0.5, 0.6) is 0 Å². The Labute approximate surface area is 151 Å². The first kappa shape index (κ1) is 14.1. The Hall–Kier alpha value is -3.13. The van der Waals surface area contributed by atoms with Crippen molar-refractivity contribution in [2.24, 2.45) is 0 Å². The predicted octanol–water partition coefficient (Wildman–Crippen LogP) is 6.44. The third-order valence-electron chi connectivity index (χ3n) is 5.89. The molecule has 5 aromatic rings. The molecule has 2 heterocycles. The quantitative estimate of drug-likeness (QED) is 0.325. The molecule has 0 aliphatic heterocycles. The molecule has 0 saturated carbocycles. The summed E-state index contributed by atoms with van der Waals surface area (Å²) in [6.07, 6.45) is 1.89. The van der Waals surface area contributed by atoms with E-state index >= 15 is 0 Å². The Balaban J connectivity index is 1.89. The SMILES string of the molecule is CC1(C)c2cccnc2-c2ccc3oc4ccc5ccccc5c4c3c21. The minimum absolute atomic E-state index is 0.105. The highest BCUT2D eigenvalue weighted by atomic mass is 16.3. The van der Waals surface area contributed by atoms with Gasteiger partial charge < -0.3 is 4.42 Å². The maximum absolute atomic E-state index is 6.26. The highest BCUT2D eigenvalue weighted by Gasteiger charge is 2.38. The van der Waals surface area contributed by atoms with Gasteiger partial charge >= 0.3 is 0 Å². The zero-order chi connectivity index (χ0) is 17.5. The molecule has 0 saturated heterocycles. The topological polar surface area (TPSA) is 26.0 Å². The summed E-state index contributed by atoms with van der Waals surface area (Å²) in [4.78, 5) is 4.70. The lowest BCUT2D eigenvalue weighted by Gasteiger charge is -2.21. The van der Waals surface area contributed by atoms with E-state index in [0.29, 0.717) is 0 Å². The summed E-state index contributed by atoms with van der Waals surface area (Å²) >= 11 is 0. The number of furan rings is 1. The van der Waals surface area contributed by atoms with E-state index in [9.17, 15) is 0 Å². The summed E-state index contributed by atoms with van der Waals surface area (Å²) < 4.78 is 6.26. The molecule has 0 fully saturated rings. The number of hydrogen-bond acceptors (Lipinski definition) is 2. The van der Waals surface area contributed by atoms with Gasteiger partial charge in [-0.25, -0.2) is 0 Å². The first-order valence-electron chi connectivity index (χ1n) is 8.99. The van der Waals surface area contributed by atoms with Crippen molar-refractivity contribution in [2.75, 3.05) is 0 Å². The van der Waals surface area contributed by atoms with Crippen molar-refractivity contribution in [3.05, 3.63) is 78.0 Å². The van der Waals surface area contributed by atoms with Gasteiger partial charge in [0.25, 0.3) is 0 Å². The molecule has 6 rings (SSSR count). The van der Waals surface area contributed by atoms with E-state index in [0.717, 1.165) is 16.9 Å². The van der Waals surface area contributed by atoms with Gasteiger partial charge in [0.05, 0.1) is 5.69 Å². The second-order valence-electron chi connectivity index (χ2n) is 7.65. The van der Waals surface area contributed by atoms with Crippen LogP contribution in [0.25, 0.3) is 44.0 Å². The van der Waals surface area contributed by atoms with Gasteiger partial charge in [0, 0.05) is 27.9 Å². The van der Waals surface area contributed by atoms with Crippen LogP contribution in [0.15, 0.2) is 71.3 Å². The molecule has 26 heavy (non-hydrogen) atoms. The predicted molar refractivity (Wildman–Crippen MR) is 107 cm³/mol. The summed E-state index contributed by atoms with van der Waals surface area (Å²) in [6, 6.07) is 21.3. The lowest BCUT2D eigenvalue weighted by Crippen LogP contribution is -2.15. The standard InChI is InChI=1S/C24H17NO/c1-24(2)17-8-5-13-25-23(17)16-10-12-19-21(22(16)24)20-15-7-4-3-6-14(15)9-11-18(20)26-19/h3-13H,1-2H3. The van der Waals surface area contributed by atoms with Gasteiger partial charge in [0.2, 0.25) is 0 Å². The van der Waals surface area contributed by atoms with E-state index in [1.165, 1.54) is 38.2 Å². The number of aromatic nitrogens is 1. The smallest absolute Gasteiger partial charge is 0.136 e. The number of hydrogen-bond donors (Lipinski definition) is 0. The summed E-state index contributed by atoms with van der Waals surface area (Å²) in [7, 11) is 0. The van der Waals surface area contributed by atoms with Crippen molar-refractivity contribution < 1.29 is 4.42 Å².